The number of benzene rings is 2. The predicted octanol–water partition coefficient (Wildman–Crippen LogP) is 5.85. The predicted molar refractivity (Wildman–Crippen MR) is 114 cm³/mol. The number of aromatic nitrogens is 3. The maximum absolute atomic E-state index is 13.5. The normalized spacial score (nSPS) is 12.3. The van der Waals surface area contributed by atoms with Gasteiger partial charge in [-0.1, -0.05) is 90.3 Å². The Hall–Kier alpha value is -2.09. The summed E-state index contributed by atoms with van der Waals surface area (Å²) in [5.74, 6) is 1.03. The fraction of sp³-hybridized carbons (Fsp3) is 0.150. The Balaban J connectivity index is 1.70. The fourth-order valence-corrected chi connectivity index (χ4v) is 6.02. The van der Waals surface area contributed by atoms with E-state index in [2.05, 4.69) is 22.1 Å². The van der Waals surface area contributed by atoms with Crippen LogP contribution in [-0.4, -0.2) is 26.7 Å². The van der Waals surface area contributed by atoms with Gasteiger partial charge >= 0.3 is 0 Å². The number of nitrogens with one attached hydrogen (secondary N) is 1. The van der Waals surface area contributed by atoms with Gasteiger partial charge < -0.3 is 4.98 Å². The first-order valence-electron chi connectivity index (χ1n) is 8.54. The molecule has 2 aromatic carbocycles. The van der Waals surface area contributed by atoms with E-state index < -0.39 is 0 Å². The first-order valence-corrected chi connectivity index (χ1v) is 11.2. The van der Waals surface area contributed by atoms with Gasteiger partial charge in [-0.3, -0.25) is 4.79 Å². The summed E-state index contributed by atoms with van der Waals surface area (Å²) in [6.07, 6.45) is 1.81. The van der Waals surface area contributed by atoms with E-state index in [1.54, 1.807) is 23.1 Å². The molecule has 2 heterocycles. The first-order chi connectivity index (χ1) is 13.3. The molecule has 0 fully saturated rings. The average molecular weight is 412 g/mol. The molecule has 0 saturated heterocycles. The SMILES string of the molecule is CCSc1nnc(SC(C(=O)c2c[nH]c3ccccc23)c2ccccc2)s1. The minimum atomic E-state index is -0.363. The second-order valence-corrected chi connectivity index (χ2v) is 9.63. The van der Waals surface area contributed by atoms with Crippen LogP contribution in [-0.2, 0) is 0 Å². The Labute approximate surface area is 169 Å². The van der Waals surface area contributed by atoms with Crippen molar-refractivity contribution in [2.45, 2.75) is 20.9 Å². The number of H-pyrrole nitrogens is 1. The largest absolute Gasteiger partial charge is 0.360 e. The third-order valence-corrected chi connectivity index (χ3v) is 7.35. The van der Waals surface area contributed by atoms with Crippen molar-refractivity contribution in [1.82, 2.24) is 15.2 Å². The van der Waals surface area contributed by atoms with Crippen molar-refractivity contribution in [3.8, 4) is 0 Å². The van der Waals surface area contributed by atoms with Crippen LogP contribution >= 0.6 is 34.9 Å². The van der Waals surface area contributed by atoms with Gasteiger partial charge in [0, 0.05) is 22.7 Å². The Kier molecular flexibility index (Phi) is 5.61. The molecule has 0 amide bonds. The van der Waals surface area contributed by atoms with Crippen LogP contribution in [0.1, 0.15) is 28.1 Å². The van der Waals surface area contributed by atoms with Crippen LogP contribution < -0.4 is 0 Å². The number of thioether (sulfide) groups is 2. The van der Waals surface area contributed by atoms with Gasteiger partial charge in [-0.05, 0) is 17.4 Å². The fourth-order valence-electron chi connectivity index (χ4n) is 2.84. The summed E-state index contributed by atoms with van der Waals surface area (Å²) in [7, 11) is 0. The highest BCUT2D eigenvalue weighted by Gasteiger charge is 2.27. The van der Waals surface area contributed by atoms with E-state index in [1.807, 2.05) is 60.8 Å². The number of hydrogen-bond donors (Lipinski definition) is 1. The summed E-state index contributed by atoms with van der Waals surface area (Å²) in [6, 6.07) is 17.8. The van der Waals surface area contributed by atoms with Gasteiger partial charge in [0.25, 0.3) is 0 Å². The van der Waals surface area contributed by atoms with E-state index in [0.29, 0.717) is 5.56 Å². The van der Waals surface area contributed by atoms with E-state index >= 15 is 0 Å². The van der Waals surface area contributed by atoms with Gasteiger partial charge in [0.2, 0.25) is 0 Å². The summed E-state index contributed by atoms with van der Waals surface area (Å²) >= 11 is 4.68. The van der Waals surface area contributed by atoms with Crippen molar-refractivity contribution in [1.29, 1.82) is 0 Å². The molecule has 1 N–H and O–H groups in total. The molecule has 4 aromatic rings. The molecule has 4 rings (SSSR count). The van der Waals surface area contributed by atoms with Crippen molar-refractivity contribution >= 4 is 51.5 Å². The molecule has 1 unspecified atom stereocenters. The highest BCUT2D eigenvalue weighted by Crippen LogP contribution is 2.41. The number of hydrogen-bond acceptors (Lipinski definition) is 6. The number of para-hydroxylation sites is 1. The van der Waals surface area contributed by atoms with Crippen molar-refractivity contribution in [3.63, 3.8) is 0 Å². The quantitative estimate of drug-likeness (QED) is 0.305. The molecule has 0 aliphatic rings. The molecule has 0 aliphatic heterocycles. The minimum absolute atomic E-state index is 0.0727. The van der Waals surface area contributed by atoms with Crippen LogP contribution in [0.5, 0.6) is 0 Å². The van der Waals surface area contributed by atoms with Gasteiger partial charge in [0.05, 0.1) is 0 Å². The van der Waals surface area contributed by atoms with E-state index in [9.17, 15) is 4.79 Å². The van der Waals surface area contributed by atoms with Crippen molar-refractivity contribution in [3.05, 3.63) is 71.9 Å². The van der Waals surface area contributed by atoms with Crippen molar-refractivity contribution < 1.29 is 4.79 Å². The van der Waals surface area contributed by atoms with Gasteiger partial charge in [-0.25, -0.2) is 0 Å². The van der Waals surface area contributed by atoms with Gasteiger partial charge in [0.15, 0.2) is 14.5 Å². The number of nitrogens with zero attached hydrogens (tertiary/aromatic N) is 2. The van der Waals surface area contributed by atoms with Crippen LogP contribution in [0.4, 0.5) is 0 Å². The lowest BCUT2D eigenvalue weighted by Crippen LogP contribution is -2.09. The summed E-state index contributed by atoms with van der Waals surface area (Å²) < 4.78 is 1.75. The van der Waals surface area contributed by atoms with E-state index in [4.69, 9.17) is 0 Å². The van der Waals surface area contributed by atoms with E-state index in [1.165, 1.54) is 11.8 Å². The summed E-state index contributed by atoms with van der Waals surface area (Å²) in [6.45, 7) is 2.09. The van der Waals surface area contributed by atoms with E-state index in [0.717, 1.165) is 30.9 Å². The number of carbonyl (C=O) groups excluding carboxylic acids is 1. The maximum atomic E-state index is 13.5. The highest BCUT2D eigenvalue weighted by molar-refractivity contribution is 8.03. The van der Waals surface area contributed by atoms with Gasteiger partial charge in [-0.2, -0.15) is 0 Å². The Bertz CT molecular complexity index is 1060. The topological polar surface area (TPSA) is 58.6 Å². The third kappa shape index (κ3) is 3.95. The minimum Gasteiger partial charge on any atom is -0.360 e. The second-order valence-electron chi connectivity index (χ2n) is 5.79. The molecular weight excluding hydrogens is 394 g/mol. The second kappa shape index (κ2) is 8.29. The lowest BCUT2D eigenvalue weighted by Gasteiger charge is -2.14. The number of ketones is 1. The highest BCUT2D eigenvalue weighted by atomic mass is 32.2. The van der Waals surface area contributed by atoms with Crippen LogP contribution in [0, 0.1) is 0 Å². The van der Waals surface area contributed by atoms with Crippen molar-refractivity contribution in [2.75, 3.05) is 5.75 Å². The van der Waals surface area contributed by atoms with Crippen LogP contribution in [0.25, 0.3) is 10.9 Å². The number of Topliss-reactive ketones (excluding diaryl/α,β-unsaturated/α-hetero) is 1. The lowest BCUT2D eigenvalue weighted by molar-refractivity contribution is 0.0991. The van der Waals surface area contributed by atoms with Crippen molar-refractivity contribution in [2.24, 2.45) is 0 Å². The monoisotopic (exact) mass is 411 g/mol. The smallest absolute Gasteiger partial charge is 0.182 e. The molecule has 7 heteroatoms. The first kappa shape index (κ1) is 18.3. The lowest BCUT2D eigenvalue weighted by atomic mass is 10.0. The number of fused-ring (bicyclic) bond motifs is 1. The molecule has 0 aliphatic carbocycles. The molecule has 0 radical (unpaired) electrons. The Morgan fingerprint density at radius 3 is 2.63 bits per heavy atom. The Morgan fingerprint density at radius 1 is 1.07 bits per heavy atom. The number of rotatable bonds is 7. The van der Waals surface area contributed by atoms with Gasteiger partial charge in [-0.15, -0.1) is 10.2 Å². The van der Waals surface area contributed by atoms with E-state index in [-0.39, 0.29) is 11.0 Å². The molecule has 0 bridgehead atoms. The van der Waals surface area contributed by atoms with Crippen LogP contribution in [0.2, 0.25) is 0 Å². The Morgan fingerprint density at radius 2 is 1.81 bits per heavy atom. The summed E-state index contributed by atoms with van der Waals surface area (Å²) in [5.41, 5.74) is 2.65. The molecule has 0 saturated carbocycles. The zero-order valence-corrected chi connectivity index (χ0v) is 17.0. The summed E-state index contributed by atoms with van der Waals surface area (Å²) in [5, 5.41) is 9.08. The molecule has 2 aromatic heterocycles. The molecule has 0 spiro atoms. The molecular formula is C20H17N3OS3. The molecule has 136 valence electrons. The van der Waals surface area contributed by atoms with Gasteiger partial charge in [0.1, 0.15) is 5.25 Å². The zero-order chi connectivity index (χ0) is 18.6. The summed E-state index contributed by atoms with van der Waals surface area (Å²) in [4.78, 5) is 16.7. The average Bonchev–Trinajstić information content (AvgIpc) is 3.33. The van der Waals surface area contributed by atoms with Crippen LogP contribution in [0.15, 0.2) is 69.5 Å². The zero-order valence-electron chi connectivity index (χ0n) is 14.6. The number of aromatic amines is 1. The number of carbonyl (C=O) groups is 1. The molecule has 4 nitrogen and oxygen atoms in total. The standard InChI is InChI=1S/C20H17N3OS3/c1-2-25-19-22-23-20(27-19)26-18(13-8-4-3-5-9-13)17(24)15-12-21-16-11-7-6-10-14(15)16/h3-12,18,21H,2H2,1H3. The molecule has 27 heavy (non-hydrogen) atoms. The molecule has 1 atom stereocenters. The van der Waals surface area contributed by atoms with Crippen LogP contribution in [0.3, 0.4) is 0 Å². The maximum Gasteiger partial charge on any atom is 0.182 e. The third-order valence-electron chi connectivity index (χ3n) is 4.07.